The van der Waals surface area contributed by atoms with Crippen molar-refractivity contribution in [3.63, 3.8) is 0 Å². The minimum atomic E-state index is 0.374. The lowest BCUT2D eigenvalue weighted by atomic mass is 9.58. The topological polar surface area (TPSA) is 27.1 Å². The first kappa shape index (κ1) is 13.5. The van der Waals surface area contributed by atoms with Crippen molar-refractivity contribution in [3.05, 3.63) is 11.4 Å². The lowest BCUT2D eigenvalue weighted by Gasteiger charge is -2.55. The highest BCUT2D eigenvalue weighted by molar-refractivity contribution is 9.09. The molecule has 0 aliphatic heterocycles. The summed E-state index contributed by atoms with van der Waals surface area (Å²) in [6.07, 6.45) is 8.23. The zero-order valence-corrected chi connectivity index (χ0v) is 13.7. The molecule has 2 atom stereocenters. The minimum absolute atomic E-state index is 0.374. The summed E-state index contributed by atoms with van der Waals surface area (Å²) in [6, 6.07) is 0. The molecule has 0 radical (unpaired) electrons. The molecule has 0 aromatic carbocycles. The number of hydrogen-bond acceptors (Lipinski definition) is 2. The Labute approximate surface area is 123 Å². The summed E-state index contributed by atoms with van der Waals surface area (Å²) in [4.78, 5) is 0.641. The average molecular weight is 327 g/mol. The molecule has 3 nitrogen and oxygen atoms in total. The molecule has 0 amide bonds. The van der Waals surface area contributed by atoms with E-state index >= 15 is 0 Å². The van der Waals surface area contributed by atoms with Gasteiger partial charge in [-0.15, -0.1) is 0 Å². The Morgan fingerprint density at radius 3 is 2.47 bits per heavy atom. The summed E-state index contributed by atoms with van der Waals surface area (Å²) >= 11 is 3.87. The monoisotopic (exact) mass is 326 g/mol. The average Bonchev–Trinajstić information content (AvgIpc) is 2.65. The van der Waals surface area contributed by atoms with Crippen LogP contribution in [0.2, 0.25) is 0 Å². The van der Waals surface area contributed by atoms with Crippen molar-refractivity contribution in [2.24, 2.45) is 12.5 Å². The Bertz CT molecular complexity index is 477. The van der Waals surface area contributed by atoms with Gasteiger partial charge in [-0.1, -0.05) is 35.2 Å². The summed E-state index contributed by atoms with van der Waals surface area (Å²) in [7, 11) is 1.99. The van der Waals surface area contributed by atoms with Crippen molar-refractivity contribution in [1.29, 1.82) is 0 Å². The number of nitrogens with zero attached hydrogens (tertiary/aromatic N) is 2. The quantitative estimate of drug-likeness (QED) is 0.770. The first-order chi connectivity index (χ1) is 9.04. The molecule has 1 aromatic rings. The second kappa shape index (κ2) is 4.80. The Morgan fingerprint density at radius 2 is 1.95 bits per heavy atom. The lowest BCUT2D eigenvalue weighted by molar-refractivity contribution is -0.0607. The highest BCUT2D eigenvalue weighted by Gasteiger charge is 2.55. The molecule has 4 heteroatoms. The molecule has 1 spiro atoms. The fourth-order valence-corrected chi connectivity index (χ4v) is 4.87. The van der Waals surface area contributed by atoms with E-state index in [1.807, 2.05) is 18.7 Å². The van der Waals surface area contributed by atoms with E-state index in [9.17, 15) is 0 Å². The zero-order valence-electron chi connectivity index (χ0n) is 12.1. The lowest BCUT2D eigenvalue weighted by Crippen LogP contribution is -2.57. The molecule has 2 aliphatic rings. The van der Waals surface area contributed by atoms with Crippen molar-refractivity contribution in [2.75, 3.05) is 0 Å². The van der Waals surface area contributed by atoms with Crippen LogP contribution in [0.4, 0.5) is 0 Å². The molecule has 1 aromatic heterocycles. The third-order valence-electron chi connectivity index (χ3n) is 5.17. The molecular formula is C15H23BrN2O. The van der Waals surface area contributed by atoms with Crippen LogP contribution in [0.3, 0.4) is 0 Å². The molecule has 0 saturated heterocycles. The number of ether oxygens (including phenoxy) is 1. The van der Waals surface area contributed by atoms with E-state index in [4.69, 9.17) is 4.74 Å². The smallest absolute Gasteiger partial charge is 0.163 e. The number of aromatic nitrogens is 2. The Morgan fingerprint density at radius 1 is 1.26 bits per heavy atom. The van der Waals surface area contributed by atoms with E-state index in [0.717, 1.165) is 23.6 Å². The zero-order chi connectivity index (χ0) is 13.6. The Balaban J connectivity index is 1.80. The van der Waals surface area contributed by atoms with Crippen molar-refractivity contribution in [1.82, 2.24) is 9.78 Å². The van der Waals surface area contributed by atoms with E-state index in [0.29, 0.717) is 16.3 Å². The van der Waals surface area contributed by atoms with Crippen LogP contribution in [0.5, 0.6) is 5.75 Å². The van der Waals surface area contributed by atoms with Crippen molar-refractivity contribution >= 4 is 15.9 Å². The molecule has 19 heavy (non-hydrogen) atoms. The van der Waals surface area contributed by atoms with Crippen LogP contribution in [-0.2, 0) is 7.05 Å². The maximum atomic E-state index is 6.38. The molecule has 1 heterocycles. The molecule has 2 saturated carbocycles. The maximum absolute atomic E-state index is 6.38. The van der Waals surface area contributed by atoms with Gasteiger partial charge in [0.1, 0.15) is 11.8 Å². The van der Waals surface area contributed by atoms with Crippen molar-refractivity contribution in [2.45, 2.75) is 63.3 Å². The number of hydrogen-bond donors (Lipinski definition) is 0. The minimum Gasteiger partial charge on any atom is -0.486 e. The molecule has 2 aliphatic carbocycles. The molecule has 106 valence electrons. The summed E-state index contributed by atoms with van der Waals surface area (Å²) < 4.78 is 8.30. The normalized spacial score (nSPS) is 29.3. The fourth-order valence-electron chi connectivity index (χ4n) is 3.78. The molecule has 0 N–H and O–H groups in total. The summed E-state index contributed by atoms with van der Waals surface area (Å²) in [5.74, 6) is 1.01. The standard InChI is InChI=1S/C15H23BrN2O/c1-10-14(11(2)18(3)17-10)19-13-9-12(16)15(13)7-5-4-6-8-15/h12-13H,4-9H2,1-3H3. The maximum Gasteiger partial charge on any atom is 0.163 e. The highest BCUT2D eigenvalue weighted by Crippen LogP contribution is 2.56. The van der Waals surface area contributed by atoms with Gasteiger partial charge in [0.15, 0.2) is 5.75 Å². The van der Waals surface area contributed by atoms with Gasteiger partial charge in [0.25, 0.3) is 0 Å². The first-order valence-corrected chi connectivity index (χ1v) is 8.27. The van der Waals surface area contributed by atoms with E-state index in [-0.39, 0.29) is 0 Å². The van der Waals surface area contributed by atoms with Crippen LogP contribution >= 0.6 is 15.9 Å². The van der Waals surface area contributed by atoms with Gasteiger partial charge >= 0.3 is 0 Å². The first-order valence-electron chi connectivity index (χ1n) is 7.35. The van der Waals surface area contributed by atoms with Crippen LogP contribution < -0.4 is 4.74 Å². The van der Waals surface area contributed by atoms with Crippen LogP contribution in [-0.4, -0.2) is 20.7 Å². The van der Waals surface area contributed by atoms with Gasteiger partial charge in [0, 0.05) is 17.3 Å². The largest absolute Gasteiger partial charge is 0.486 e. The van der Waals surface area contributed by atoms with Gasteiger partial charge in [0.2, 0.25) is 0 Å². The molecule has 2 fully saturated rings. The number of alkyl halides is 1. The van der Waals surface area contributed by atoms with Gasteiger partial charge in [-0.25, -0.2) is 0 Å². The van der Waals surface area contributed by atoms with Crippen molar-refractivity contribution in [3.8, 4) is 5.75 Å². The van der Waals surface area contributed by atoms with Gasteiger partial charge in [-0.2, -0.15) is 5.10 Å². The highest BCUT2D eigenvalue weighted by atomic mass is 79.9. The van der Waals surface area contributed by atoms with Crippen LogP contribution in [0.15, 0.2) is 0 Å². The fraction of sp³-hybridized carbons (Fsp3) is 0.800. The van der Waals surface area contributed by atoms with Crippen molar-refractivity contribution < 1.29 is 4.74 Å². The SMILES string of the molecule is Cc1nn(C)c(C)c1OC1CC(Br)C12CCCCC2. The van der Waals surface area contributed by atoms with Gasteiger partial charge in [-0.05, 0) is 33.1 Å². The summed E-state index contributed by atoms with van der Waals surface area (Å²) in [5, 5.41) is 4.45. The van der Waals surface area contributed by atoms with Gasteiger partial charge in [0.05, 0.1) is 5.69 Å². The Hall–Kier alpha value is -0.510. The van der Waals surface area contributed by atoms with E-state index in [1.54, 1.807) is 0 Å². The van der Waals surface area contributed by atoms with E-state index < -0.39 is 0 Å². The van der Waals surface area contributed by atoms with E-state index in [2.05, 4.69) is 28.0 Å². The molecule has 2 unspecified atom stereocenters. The Kier molecular flexibility index (Phi) is 3.40. The second-order valence-electron chi connectivity index (χ2n) is 6.23. The molecule has 0 bridgehead atoms. The van der Waals surface area contributed by atoms with Gasteiger partial charge in [-0.3, -0.25) is 4.68 Å². The third kappa shape index (κ3) is 2.03. The van der Waals surface area contributed by atoms with Gasteiger partial charge < -0.3 is 4.74 Å². The van der Waals surface area contributed by atoms with E-state index in [1.165, 1.54) is 32.1 Å². The predicted octanol–water partition coefficient (Wildman–Crippen LogP) is 3.90. The molecular weight excluding hydrogens is 304 g/mol. The van der Waals surface area contributed by atoms with Crippen LogP contribution in [0, 0.1) is 19.3 Å². The number of aryl methyl sites for hydroxylation is 2. The predicted molar refractivity (Wildman–Crippen MR) is 79.9 cm³/mol. The third-order valence-corrected chi connectivity index (χ3v) is 6.46. The molecule has 3 rings (SSSR count). The summed E-state index contributed by atoms with van der Waals surface area (Å²) in [6.45, 7) is 4.13. The van der Waals surface area contributed by atoms with Crippen LogP contribution in [0.25, 0.3) is 0 Å². The number of halogens is 1. The van der Waals surface area contributed by atoms with Crippen LogP contribution in [0.1, 0.15) is 49.9 Å². The number of rotatable bonds is 2. The second-order valence-corrected chi connectivity index (χ2v) is 7.33. The summed E-state index contributed by atoms with van der Waals surface area (Å²) in [5.41, 5.74) is 2.54.